The zero-order valence-electron chi connectivity index (χ0n) is 11.2. The monoisotopic (exact) mass is 307 g/mol. The second-order valence-electron chi connectivity index (χ2n) is 5.16. The maximum absolute atomic E-state index is 14.6. The Morgan fingerprint density at radius 3 is 2.67 bits per heavy atom. The molecular formula is C15H15ClFN3O. The second-order valence-corrected chi connectivity index (χ2v) is 5.57. The first kappa shape index (κ1) is 14.1. The van der Waals surface area contributed by atoms with Crippen LogP contribution in [0.15, 0.2) is 30.5 Å². The van der Waals surface area contributed by atoms with Crippen molar-refractivity contribution in [3.63, 3.8) is 0 Å². The minimum Gasteiger partial charge on any atom is -0.451 e. The molecule has 21 heavy (non-hydrogen) atoms. The molecule has 6 heteroatoms. The molecule has 0 spiro atoms. The molecule has 1 fully saturated rings. The van der Waals surface area contributed by atoms with E-state index in [2.05, 4.69) is 4.98 Å². The van der Waals surface area contributed by atoms with Gasteiger partial charge in [0, 0.05) is 11.6 Å². The van der Waals surface area contributed by atoms with Gasteiger partial charge in [-0.1, -0.05) is 17.7 Å². The Morgan fingerprint density at radius 2 is 2.05 bits per heavy atom. The molecule has 1 saturated carbocycles. The highest BCUT2D eigenvalue weighted by molar-refractivity contribution is 6.32. The summed E-state index contributed by atoms with van der Waals surface area (Å²) in [6, 6.07) is 6.07. The largest absolute Gasteiger partial charge is 0.451 e. The van der Waals surface area contributed by atoms with Crippen LogP contribution in [0, 0.1) is 11.7 Å². The molecule has 110 valence electrons. The van der Waals surface area contributed by atoms with Crippen LogP contribution in [0.2, 0.25) is 5.02 Å². The van der Waals surface area contributed by atoms with Gasteiger partial charge in [0.15, 0.2) is 11.6 Å². The molecule has 4 N–H and O–H groups in total. The average Bonchev–Trinajstić information content (AvgIpc) is 3.29. The summed E-state index contributed by atoms with van der Waals surface area (Å²) in [7, 11) is 0. The van der Waals surface area contributed by atoms with Gasteiger partial charge in [0.1, 0.15) is 11.6 Å². The molecule has 0 bridgehead atoms. The molecule has 1 aliphatic carbocycles. The number of nitrogens with zero attached hydrogens (tertiary/aromatic N) is 1. The van der Waals surface area contributed by atoms with E-state index in [9.17, 15) is 4.39 Å². The topological polar surface area (TPSA) is 74.2 Å². The highest BCUT2D eigenvalue weighted by Crippen LogP contribution is 2.43. The second kappa shape index (κ2) is 5.50. The van der Waals surface area contributed by atoms with Gasteiger partial charge in [0.05, 0.1) is 11.2 Å². The number of anilines is 1. The third-order valence-electron chi connectivity index (χ3n) is 3.55. The van der Waals surface area contributed by atoms with Gasteiger partial charge in [-0.3, -0.25) is 0 Å². The summed E-state index contributed by atoms with van der Waals surface area (Å²) in [5.41, 5.74) is 12.0. The van der Waals surface area contributed by atoms with Gasteiger partial charge in [-0.25, -0.2) is 9.37 Å². The number of pyridine rings is 1. The summed E-state index contributed by atoms with van der Waals surface area (Å²) in [4.78, 5) is 3.89. The van der Waals surface area contributed by atoms with Gasteiger partial charge in [-0.15, -0.1) is 0 Å². The van der Waals surface area contributed by atoms with Crippen molar-refractivity contribution in [1.29, 1.82) is 0 Å². The summed E-state index contributed by atoms with van der Waals surface area (Å²) in [6.07, 6.45) is 3.47. The van der Waals surface area contributed by atoms with Crippen LogP contribution in [0.25, 0.3) is 0 Å². The van der Waals surface area contributed by atoms with Crippen molar-refractivity contribution in [2.75, 3.05) is 5.73 Å². The van der Waals surface area contributed by atoms with Crippen molar-refractivity contribution in [1.82, 2.24) is 4.98 Å². The fraction of sp³-hybridized carbons (Fsp3) is 0.267. The van der Waals surface area contributed by atoms with Crippen molar-refractivity contribution in [3.05, 3.63) is 46.9 Å². The van der Waals surface area contributed by atoms with Gasteiger partial charge in [-0.2, -0.15) is 0 Å². The summed E-state index contributed by atoms with van der Waals surface area (Å²) in [5.74, 6) is 0.517. The molecule has 1 aromatic heterocycles. The van der Waals surface area contributed by atoms with Crippen LogP contribution in [0.4, 0.5) is 10.2 Å². The number of ether oxygens (including phenoxy) is 1. The highest BCUT2D eigenvalue weighted by Gasteiger charge is 2.32. The lowest BCUT2D eigenvalue weighted by Gasteiger charge is -2.16. The minimum atomic E-state index is -0.515. The quantitative estimate of drug-likeness (QED) is 0.904. The molecule has 3 rings (SSSR count). The van der Waals surface area contributed by atoms with Crippen LogP contribution >= 0.6 is 11.6 Å². The highest BCUT2D eigenvalue weighted by atomic mass is 35.5. The molecule has 0 radical (unpaired) electrons. The Balaban J connectivity index is 1.93. The SMILES string of the molecule is Nc1ccc(Oc2c(Cl)ccc(C(N)C3CC3)c2F)cn1. The smallest absolute Gasteiger partial charge is 0.182 e. The predicted molar refractivity (Wildman–Crippen MR) is 79.8 cm³/mol. The van der Waals surface area contributed by atoms with Gasteiger partial charge in [0.25, 0.3) is 0 Å². The standard InChI is InChI=1S/C15H15ClFN3O/c16-11-5-4-10(14(19)8-1-2-8)13(17)15(11)21-9-3-6-12(18)20-7-9/h3-8,14H,1-2,19H2,(H2,18,20). The van der Waals surface area contributed by atoms with Crippen molar-refractivity contribution in [3.8, 4) is 11.5 Å². The average molecular weight is 308 g/mol. The normalized spacial score (nSPS) is 15.8. The molecule has 0 amide bonds. The lowest BCUT2D eigenvalue weighted by Crippen LogP contribution is -2.14. The Hall–Kier alpha value is -1.85. The molecule has 4 nitrogen and oxygen atoms in total. The first-order chi connectivity index (χ1) is 10.1. The molecule has 1 unspecified atom stereocenters. The van der Waals surface area contributed by atoms with Gasteiger partial charge < -0.3 is 16.2 Å². The van der Waals surface area contributed by atoms with Crippen molar-refractivity contribution >= 4 is 17.4 Å². The van der Waals surface area contributed by atoms with Gasteiger partial charge in [0.2, 0.25) is 0 Å². The number of halogens is 2. The summed E-state index contributed by atoms with van der Waals surface area (Å²) < 4.78 is 20.1. The van der Waals surface area contributed by atoms with Crippen LogP contribution in [-0.2, 0) is 0 Å². The zero-order chi connectivity index (χ0) is 15.0. The van der Waals surface area contributed by atoms with E-state index < -0.39 is 5.82 Å². The third kappa shape index (κ3) is 2.94. The van der Waals surface area contributed by atoms with Crippen molar-refractivity contribution in [2.45, 2.75) is 18.9 Å². The van der Waals surface area contributed by atoms with Gasteiger partial charge in [-0.05, 0) is 37.0 Å². The molecule has 0 aliphatic heterocycles. The number of hydrogen-bond acceptors (Lipinski definition) is 4. The van der Waals surface area contributed by atoms with E-state index in [1.807, 2.05) is 0 Å². The minimum absolute atomic E-state index is 0.0307. The number of nitrogens with two attached hydrogens (primary N) is 2. The third-order valence-corrected chi connectivity index (χ3v) is 3.84. The fourth-order valence-electron chi connectivity index (χ4n) is 2.18. The fourth-order valence-corrected chi connectivity index (χ4v) is 2.36. The number of aromatic nitrogens is 1. The Kier molecular flexibility index (Phi) is 3.69. The Labute approximate surface area is 126 Å². The van der Waals surface area contributed by atoms with Crippen molar-refractivity contribution < 1.29 is 9.13 Å². The molecule has 1 heterocycles. The van der Waals surface area contributed by atoms with E-state index in [0.717, 1.165) is 12.8 Å². The van der Waals surface area contributed by atoms with E-state index in [0.29, 0.717) is 23.0 Å². The Bertz CT molecular complexity index is 659. The Morgan fingerprint density at radius 1 is 1.29 bits per heavy atom. The van der Waals surface area contributed by atoms with E-state index >= 15 is 0 Å². The molecule has 0 saturated heterocycles. The van der Waals surface area contributed by atoms with Crippen LogP contribution in [0.5, 0.6) is 11.5 Å². The lowest BCUT2D eigenvalue weighted by atomic mass is 10.0. The molecule has 1 aliphatic rings. The van der Waals surface area contributed by atoms with Crippen LogP contribution in [-0.4, -0.2) is 4.98 Å². The first-order valence-electron chi connectivity index (χ1n) is 6.69. The predicted octanol–water partition coefficient (Wildman–Crippen LogP) is 3.66. The van der Waals surface area contributed by atoms with E-state index in [4.69, 9.17) is 27.8 Å². The molecule has 1 aromatic carbocycles. The molecule has 1 atom stereocenters. The van der Waals surface area contributed by atoms with E-state index in [1.54, 1.807) is 24.3 Å². The maximum Gasteiger partial charge on any atom is 0.182 e. The van der Waals surface area contributed by atoms with Gasteiger partial charge >= 0.3 is 0 Å². The van der Waals surface area contributed by atoms with Crippen molar-refractivity contribution in [2.24, 2.45) is 11.7 Å². The number of benzene rings is 1. The molecule has 2 aromatic rings. The number of rotatable bonds is 4. The lowest BCUT2D eigenvalue weighted by molar-refractivity contribution is 0.431. The summed E-state index contributed by atoms with van der Waals surface area (Å²) in [6.45, 7) is 0. The number of nitrogen functional groups attached to an aromatic ring is 1. The van der Waals surface area contributed by atoms with Crippen LogP contribution in [0.1, 0.15) is 24.4 Å². The van der Waals surface area contributed by atoms with E-state index in [-0.39, 0.29) is 16.8 Å². The number of hydrogen-bond donors (Lipinski definition) is 2. The first-order valence-corrected chi connectivity index (χ1v) is 7.07. The summed E-state index contributed by atoms with van der Waals surface area (Å²) in [5, 5.41) is 0.191. The van der Waals surface area contributed by atoms with Crippen LogP contribution in [0.3, 0.4) is 0 Å². The van der Waals surface area contributed by atoms with Crippen LogP contribution < -0.4 is 16.2 Å². The van der Waals surface area contributed by atoms with E-state index in [1.165, 1.54) is 6.20 Å². The zero-order valence-corrected chi connectivity index (χ0v) is 12.0. The maximum atomic E-state index is 14.6. The summed E-state index contributed by atoms with van der Waals surface area (Å²) >= 11 is 6.03. The molecular weight excluding hydrogens is 293 g/mol.